The Bertz CT molecular complexity index is 826. The van der Waals surface area contributed by atoms with Gasteiger partial charge < -0.3 is 0 Å². The molecule has 0 aliphatic heterocycles. The fourth-order valence-corrected chi connectivity index (χ4v) is 2.54. The summed E-state index contributed by atoms with van der Waals surface area (Å²) in [5.41, 5.74) is -1.06. The highest BCUT2D eigenvalue weighted by atomic mass is 127. The van der Waals surface area contributed by atoms with Crippen molar-refractivity contribution in [3.8, 4) is 5.69 Å². The van der Waals surface area contributed by atoms with Crippen LogP contribution in [0, 0.1) is 9.39 Å². The van der Waals surface area contributed by atoms with Gasteiger partial charge in [-0.2, -0.15) is 18.3 Å². The second-order valence-electron chi connectivity index (χ2n) is 4.25. The summed E-state index contributed by atoms with van der Waals surface area (Å²) in [5.74, 6) is -0.954. The SMILES string of the molecule is Fc1ccc(-n2ncc3c(I)ccnc32)c(C(F)(F)F)c1. The molecule has 3 nitrogen and oxygen atoms in total. The number of halogens is 5. The molecule has 0 N–H and O–H groups in total. The highest BCUT2D eigenvalue weighted by Gasteiger charge is 2.35. The largest absolute Gasteiger partial charge is 0.418 e. The van der Waals surface area contributed by atoms with Gasteiger partial charge in [-0.25, -0.2) is 14.1 Å². The molecular formula is C13H6F4IN3. The Morgan fingerprint density at radius 3 is 2.62 bits per heavy atom. The molecular weight excluding hydrogens is 401 g/mol. The zero-order valence-electron chi connectivity index (χ0n) is 10.2. The van der Waals surface area contributed by atoms with Crippen LogP contribution >= 0.6 is 22.6 Å². The molecule has 0 aliphatic rings. The van der Waals surface area contributed by atoms with E-state index in [0.717, 1.165) is 20.4 Å². The third-order valence-electron chi connectivity index (χ3n) is 2.91. The maximum atomic E-state index is 13.2. The van der Waals surface area contributed by atoms with Crippen LogP contribution in [0.1, 0.15) is 5.56 Å². The summed E-state index contributed by atoms with van der Waals surface area (Å²) in [7, 11) is 0. The minimum atomic E-state index is -4.68. The quantitative estimate of drug-likeness (QED) is 0.448. The van der Waals surface area contributed by atoms with Crippen LogP contribution in [0.15, 0.2) is 36.7 Å². The molecule has 0 unspecified atom stereocenters. The van der Waals surface area contributed by atoms with Gasteiger partial charge in [0, 0.05) is 9.77 Å². The number of pyridine rings is 1. The lowest BCUT2D eigenvalue weighted by atomic mass is 10.1. The number of benzene rings is 1. The summed E-state index contributed by atoms with van der Waals surface area (Å²) in [4.78, 5) is 4.06. The number of hydrogen-bond donors (Lipinski definition) is 0. The third kappa shape index (κ3) is 2.47. The molecule has 108 valence electrons. The Morgan fingerprint density at radius 2 is 1.90 bits per heavy atom. The fraction of sp³-hybridized carbons (Fsp3) is 0.0769. The molecule has 0 radical (unpaired) electrons. The van der Waals surface area contributed by atoms with E-state index in [9.17, 15) is 17.6 Å². The van der Waals surface area contributed by atoms with Gasteiger partial charge >= 0.3 is 6.18 Å². The third-order valence-corrected chi connectivity index (χ3v) is 3.85. The molecule has 2 aromatic heterocycles. The van der Waals surface area contributed by atoms with Gasteiger partial charge in [0.15, 0.2) is 5.65 Å². The van der Waals surface area contributed by atoms with Gasteiger partial charge in [-0.05, 0) is 46.9 Å². The second kappa shape index (κ2) is 4.93. The molecule has 0 fully saturated rings. The second-order valence-corrected chi connectivity index (χ2v) is 5.41. The monoisotopic (exact) mass is 407 g/mol. The molecule has 0 saturated carbocycles. The predicted molar refractivity (Wildman–Crippen MR) is 76.5 cm³/mol. The van der Waals surface area contributed by atoms with E-state index in [0.29, 0.717) is 17.1 Å². The van der Waals surface area contributed by atoms with Crippen LogP contribution < -0.4 is 0 Å². The molecule has 0 bridgehead atoms. The standard InChI is InChI=1S/C13H6F4IN3/c14-7-1-2-11(9(5-7)13(15,16)17)21-12-8(6-20-21)10(18)3-4-19-12/h1-6H. The summed E-state index contributed by atoms with van der Waals surface area (Å²) in [6.45, 7) is 0. The van der Waals surface area contributed by atoms with Crippen molar-refractivity contribution in [1.82, 2.24) is 14.8 Å². The van der Waals surface area contributed by atoms with Crippen LogP contribution in [0.3, 0.4) is 0 Å². The first kappa shape index (κ1) is 14.2. The highest BCUT2D eigenvalue weighted by molar-refractivity contribution is 14.1. The van der Waals surface area contributed by atoms with Crippen LogP contribution in [0.4, 0.5) is 17.6 Å². The molecule has 1 aromatic carbocycles. The van der Waals surface area contributed by atoms with E-state index in [4.69, 9.17) is 0 Å². The van der Waals surface area contributed by atoms with Gasteiger partial charge in [-0.3, -0.25) is 0 Å². The number of alkyl halides is 3. The predicted octanol–water partition coefficient (Wildman–Crippen LogP) is 4.18. The van der Waals surface area contributed by atoms with E-state index in [-0.39, 0.29) is 5.69 Å². The molecule has 21 heavy (non-hydrogen) atoms. The summed E-state index contributed by atoms with van der Waals surface area (Å²) in [6.07, 6.45) is -1.76. The number of hydrogen-bond acceptors (Lipinski definition) is 2. The molecule has 0 spiro atoms. The first-order valence-electron chi connectivity index (χ1n) is 5.73. The minimum absolute atomic E-state index is 0.256. The smallest absolute Gasteiger partial charge is 0.236 e. The van der Waals surface area contributed by atoms with E-state index in [2.05, 4.69) is 10.1 Å². The van der Waals surface area contributed by atoms with Gasteiger partial charge in [-0.15, -0.1) is 0 Å². The van der Waals surface area contributed by atoms with E-state index >= 15 is 0 Å². The van der Waals surface area contributed by atoms with Gasteiger partial charge in [0.2, 0.25) is 0 Å². The van der Waals surface area contributed by atoms with E-state index in [1.54, 1.807) is 6.07 Å². The average molecular weight is 407 g/mol. The Hall–Kier alpha value is -1.71. The molecule has 0 amide bonds. The first-order valence-corrected chi connectivity index (χ1v) is 6.81. The van der Waals surface area contributed by atoms with Crippen LogP contribution in [0.2, 0.25) is 0 Å². The molecule has 8 heteroatoms. The molecule has 3 aromatic rings. The summed E-state index contributed by atoms with van der Waals surface area (Å²) in [6, 6.07) is 4.19. The van der Waals surface area contributed by atoms with Crippen molar-refractivity contribution in [1.29, 1.82) is 0 Å². The minimum Gasteiger partial charge on any atom is -0.236 e. The normalized spacial score (nSPS) is 12.0. The van der Waals surface area contributed by atoms with Crippen molar-refractivity contribution in [2.45, 2.75) is 6.18 Å². The van der Waals surface area contributed by atoms with E-state index in [1.165, 1.54) is 12.4 Å². The maximum Gasteiger partial charge on any atom is 0.418 e. The molecule has 0 aliphatic carbocycles. The van der Waals surface area contributed by atoms with Crippen LogP contribution in [0.25, 0.3) is 16.7 Å². The lowest BCUT2D eigenvalue weighted by molar-refractivity contribution is -0.137. The summed E-state index contributed by atoms with van der Waals surface area (Å²) >= 11 is 2.05. The van der Waals surface area contributed by atoms with Crippen LogP contribution in [-0.4, -0.2) is 14.8 Å². The first-order chi connectivity index (χ1) is 9.88. The van der Waals surface area contributed by atoms with Crippen LogP contribution in [0.5, 0.6) is 0 Å². The zero-order chi connectivity index (χ0) is 15.2. The Morgan fingerprint density at radius 1 is 1.14 bits per heavy atom. The molecule has 0 atom stereocenters. The molecule has 3 rings (SSSR count). The molecule has 2 heterocycles. The summed E-state index contributed by atoms with van der Waals surface area (Å²) in [5, 5.41) is 4.59. The number of fused-ring (bicyclic) bond motifs is 1. The van der Waals surface area contributed by atoms with Gasteiger partial charge in [0.05, 0.1) is 22.8 Å². The van der Waals surface area contributed by atoms with E-state index < -0.39 is 17.6 Å². The van der Waals surface area contributed by atoms with Crippen LogP contribution in [-0.2, 0) is 6.18 Å². The topological polar surface area (TPSA) is 30.7 Å². The van der Waals surface area contributed by atoms with Gasteiger partial charge in [0.1, 0.15) is 5.82 Å². The number of nitrogens with zero attached hydrogens (tertiary/aromatic N) is 3. The van der Waals surface area contributed by atoms with Crippen molar-refractivity contribution in [2.24, 2.45) is 0 Å². The van der Waals surface area contributed by atoms with Crippen molar-refractivity contribution >= 4 is 33.6 Å². The van der Waals surface area contributed by atoms with Gasteiger partial charge in [-0.1, -0.05) is 0 Å². The Balaban J connectivity index is 2.31. The van der Waals surface area contributed by atoms with E-state index in [1.807, 2.05) is 22.6 Å². The van der Waals surface area contributed by atoms with Gasteiger partial charge in [0.25, 0.3) is 0 Å². The highest BCUT2D eigenvalue weighted by Crippen LogP contribution is 2.35. The lowest BCUT2D eigenvalue weighted by Gasteiger charge is -2.13. The lowest BCUT2D eigenvalue weighted by Crippen LogP contribution is -2.12. The van der Waals surface area contributed by atoms with Crippen molar-refractivity contribution in [3.63, 3.8) is 0 Å². The Kier molecular flexibility index (Phi) is 3.34. The van der Waals surface area contributed by atoms with Crippen molar-refractivity contribution < 1.29 is 17.6 Å². The summed E-state index contributed by atoms with van der Waals surface area (Å²) < 4.78 is 54.2. The van der Waals surface area contributed by atoms with Crippen molar-refractivity contribution in [2.75, 3.05) is 0 Å². The Labute approximate surface area is 129 Å². The fourth-order valence-electron chi connectivity index (χ4n) is 1.99. The number of aromatic nitrogens is 3. The zero-order valence-corrected chi connectivity index (χ0v) is 12.4. The maximum absolute atomic E-state index is 13.2. The molecule has 0 saturated heterocycles. The number of rotatable bonds is 1. The van der Waals surface area contributed by atoms with Crippen molar-refractivity contribution in [3.05, 3.63) is 51.6 Å². The average Bonchev–Trinajstić information content (AvgIpc) is 2.83.